The Morgan fingerprint density at radius 1 is 1.37 bits per heavy atom. The van der Waals surface area contributed by atoms with Crippen molar-refractivity contribution in [3.8, 4) is 5.75 Å². The summed E-state index contributed by atoms with van der Waals surface area (Å²) in [6, 6.07) is 7.51. The fourth-order valence-corrected chi connectivity index (χ4v) is 2.52. The van der Waals surface area contributed by atoms with Gasteiger partial charge in [-0.25, -0.2) is 0 Å². The third kappa shape index (κ3) is 2.96. The van der Waals surface area contributed by atoms with Crippen molar-refractivity contribution in [2.75, 3.05) is 14.2 Å². The lowest BCUT2D eigenvalue weighted by atomic mass is 10.0. The van der Waals surface area contributed by atoms with E-state index in [9.17, 15) is 0 Å². The SMILES string of the molecule is CNC(c1ccc(Cl)o1)c1cc(Br)c(C)cc1OC. The third-order valence-corrected chi connectivity index (χ3v) is 4.05. The molecule has 0 fully saturated rings. The summed E-state index contributed by atoms with van der Waals surface area (Å²) in [5.74, 6) is 1.56. The van der Waals surface area contributed by atoms with Crippen LogP contribution in [0.5, 0.6) is 5.75 Å². The molecule has 0 spiro atoms. The van der Waals surface area contributed by atoms with Gasteiger partial charge in [0.05, 0.1) is 13.2 Å². The van der Waals surface area contributed by atoms with Gasteiger partial charge in [-0.2, -0.15) is 0 Å². The van der Waals surface area contributed by atoms with E-state index in [4.69, 9.17) is 20.8 Å². The van der Waals surface area contributed by atoms with E-state index < -0.39 is 0 Å². The predicted octanol–water partition coefficient (Wildman–Crippen LogP) is 4.32. The number of hydrogen-bond donors (Lipinski definition) is 1. The van der Waals surface area contributed by atoms with Crippen LogP contribution in [0.1, 0.15) is 22.9 Å². The highest BCUT2D eigenvalue weighted by Crippen LogP contribution is 2.35. The average molecular weight is 345 g/mol. The lowest BCUT2D eigenvalue weighted by Crippen LogP contribution is -2.18. The van der Waals surface area contributed by atoms with Crippen molar-refractivity contribution in [3.05, 3.63) is 50.8 Å². The van der Waals surface area contributed by atoms with Gasteiger partial charge < -0.3 is 14.5 Å². The molecule has 1 heterocycles. The smallest absolute Gasteiger partial charge is 0.193 e. The monoisotopic (exact) mass is 343 g/mol. The van der Waals surface area contributed by atoms with Crippen molar-refractivity contribution in [3.63, 3.8) is 0 Å². The number of ether oxygens (including phenoxy) is 1. The number of hydrogen-bond acceptors (Lipinski definition) is 3. The van der Waals surface area contributed by atoms with Gasteiger partial charge in [0.2, 0.25) is 0 Å². The lowest BCUT2D eigenvalue weighted by molar-refractivity contribution is 0.396. The van der Waals surface area contributed by atoms with Gasteiger partial charge in [0.15, 0.2) is 5.22 Å². The molecule has 1 aromatic carbocycles. The lowest BCUT2D eigenvalue weighted by Gasteiger charge is -2.18. The molecule has 0 bridgehead atoms. The van der Waals surface area contributed by atoms with Gasteiger partial charge in [-0.15, -0.1) is 0 Å². The number of halogens is 2. The van der Waals surface area contributed by atoms with Gasteiger partial charge in [0.1, 0.15) is 11.5 Å². The second-order valence-electron chi connectivity index (χ2n) is 4.21. The first kappa shape index (κ1) is 14.4. The highest BCUT2D eigenvalue weighted by Gasteiger charge is 2.21. The summed E-state index contributed by atoms with van der Waals surface area (Å²) in [6.07, 6.45) is 0. The quantitative estimate of drug-likeness (QED) is 0.897. The summed E-state index contributed by atoms with van der Waals surface area (Å²) in [7, 11) is 3.53. The molecule has 2 aromatic rings. The molecule has 19 heavy (non-hydrogen) atoms. The number of nitrogens with one attached hydrogen (secondary N) is 1. The van der Waals surface area contributed by atoms with E-state index in [2.05, 4.69) is 21.2 Å². The van der Waals surface area contributed by atoms with Gasteiger partial charge in [0.25, 0.3) is 0 Å². The van der Waals surface area contributed by atoms with Crippen molar-refractivity contribution in [1.29, 1.82) is 0 Å². The molecular formula is C14H15BrClNO2. The van der Waals surface area contributed by atoms with Crippen molar-refractivity contribution in [1.82, 2.24) is 5.32 Å². The van der Waals surface area contributed by atoms with Crippen molar-refractivity contribution < 1.29 is 9.15 Å². The van der Waals surface area contributed by atoms with Gasteiger partial charge in [-0.05, 0) is 55.4 Å². The first-order valence-electron chi connectivity index (χ1n) is 5.83. The standard InChI is InChI=1S/C14H15BrClNO2/c1-8-6-12(18-3)9(7-10(8)15)14(17-2)11-4-5-13(16)19-11/h4-7,14,17H,1-3H3. The van der Waals surface area contributed by atoms with Crippen LogP contribution in [0.15, 0.2) is 33.2 Å². The van der Waals surface area contributed by atoms with E-state index in [0.717, 1.165) is 27.1 Å². The molecule has 0 saturated heterocycles. The maximum Gasteiger partial charge on any atom is 0.193 e. The Kier molecular flexibility index (Phi) is 4.55. The molecule has 0 aliphatic rings. The average Bonchev–Trinajstić information content (AvgIpc) is 2.81. The predicted molar refractivity (Wildman–Crippen MR) is 80.1 cm³/mol. The van der Waals surface area contributed by atoms with Gasteiger partial charge in [0, 0.05) is 10.0 Å². The Morgan fingerprint density at radius 3 is 2.63 bits per heavy atom. The minimum Gasteiger partial charge on any atom is -0.496 e. The zero-order valence-electron chi connectivity index (χ0n) is 11.0. The molecule has 0 amide bonds. The highest BCUT2D eigenvalue weighted by molar-refractivity contribution is 9.10. The van der Waals surface area contributed by atoms with Gasteiger partial charge >= 0.3 is 0 Å². The molecule has 1 N–H and O–H groups in total. The van der Waals surface area contributed by atoms with E-state index in [1.165, 1.54) is 0 Å². The number of rotatable bonds is 4. The maximum absolute atomic E-state index is 5.84. The topological polar surface area (TPSA) is 34.4 Å². The van der Waals surface area contributed by atoms with Crippen LogP contribution < -0.4 is 10.1 Å². The number of aryl methyl sites for hydroxylation is 1. The number of benzene rings is 1. The van der Waals surface area contributed by atoms with Crippen LogP contribution in [-0.2, 0) is 0 Å². The summed E-state index contributed by atoms with van der Waals surface area (Å²) in [5.41, 5.74) is 2.11. The molecule has 0 saturated carbocycles. The number of furan rings is 1. The Hall–Kier alpha value is -0.970. The maximum atomic E-state index is 5.84. The van der Waals surface area contributed by atoms with Crippen LogP contribution in [0.3, 0.4) is 0 Å². The molecule has 1 aromatic heterocycles. The van der Waals surface area contributed by atoms with E-state index in [1.54, 1.807) is 13.2 Å². The Labute approximate surface area is 126 Å². The second-order valence-corrected chi connectivity index (χ2v) is 5.43. The van der Waals surface area contributed by atoms with Crippen molar-refractivity contribution >= 4 is 27.5 Å². The largest absolute Gasteiger partial charge is 0.496 e. The highest BCUT2D eigenvalue weighted by atomic mass is 79.9. The van der Waals surface area contributed by atoms with Crippen LogP contribution in [-0.4, -0.2) is 14.2 Å². The molecule has 3 nitrogen and oxygen atoms in total. The van der Waals surface area contributed by atoms with E-state index >= 15 is 0 Å². The Morgan fingerprint density at radius 2 is 2.11 bits per heavy atom. The first-order chi connectivity index (χ1) is 9.06. The second kappa shape index (κ2) is 5.99. The van der Waals surface area contributed by atoms with E-state index in [1.807, 2.05) is 32.2 Å². The Balaban J connectivity index is 2.51. The van der Waals surface area contributed by atoms with Crippen LogP contribution in [0, 0.1) is 6.92 Å². The van der Waals surface area contributed by atoms with Crippen molar-refractivity contribution in [2.45, 2.75) is 13.0 Å². The molecule has 1 atom stereocenters. The van der Waals surface area contributed by atoms with Gasteiger partial charge in [-0.3, -0.25) is 0 Å². The molecular weight excluding hydrogens is 330 g/mol. The van der Waals surface area contributed by atoms with Crippen molar-refractivity contribution in [2.24, 2.45) is 0 Å². The van der Waals surface area contributed by atoms with Gasteiger partial charge in [-0.1, -0.05) is 15.9 Å². The van der Waals surface area contributed by atoms with Crippen LogP contribution in [0.4, 0.5) is 0 Å². The Bertz CT molecular complexity index is 583. The third-order valence-electron chi connectivity index (χ3n) is 2.99. The zero-order chi connectivity index (χ0) is 14.0. The molecule has 0 aliphatic heterocycles. The summed E-state index contributed by atoms with van der Waals surface area (Å²) in [5, 5.41) is 3.59. The van der Waals surface area contributed by atoms with E-state index in [-0.39, 0.29) is 6.04 Å². The molecule has 1 unspecified atom stereocenters. The fraction of sp³-hybridized carbons (Fsp3) is 0.286. The molecule has 2 rings (SSSR count). The van der Waals surface area contributed by atoms with E-state index in [0.29, 0.717) is 5.22 Å². The summed E-state index contributed by atoms with van der Waals surface area (Å²) in [4.78, 5) is 0. The summed E-state index contributed by atoms with van der Waals surface area (Å²) >= 11 is 9.39. The zero-order valence-corrected chi connectivity index (χ0v) is 13.3. The van der Waals surface area contributed by atoms with Crippen LogP contribution >= 0.6 is 27.5 Å². The molecule has 0 aliphatic carbocycles. The fourth-order valence-electron chi connectivity index (χ4n) is 2.01. The number of methoxy groups -OCH3 is 1. The molecule has 5 heteroatoms. The summed E-state index contributed by atoms with van der Waals surface area (Å²) in [6.45, 7) is 2.02. The molecule has 0 radical (unpaired) electrons. The van der Waals surface area contributed by atoms with Crippen LogP contribution in [0.25, 0.3) is 0 Å². The first-order valence-corrected chi connectivity index (χ1v) is 7.00. The molecule has 102 valence electrons. The summed E-state index contributed by atoms with van der Waals surface area (Å²) < 4.78 is 12.0. The minimum atomic E-state index is -0.112. The van der Waals surface area contributed by atoms with Crippen LogP contribution in [0.2, 0.25) is 5.22 Å². The normalized spacial score (nSPS) is 12.5. The minimum absolute atomic E-state index is 0.112.